The number of nitrogens with zero attached hydrogens (tertiary/aromatic N) is 4. The van der Waals surface area contributed by atoms with Gasteiger partial charge in [-0.1, -0.05) is 30.0 Å². The molecule has 0 radical (unpaired) electrons. The van der Waals surface area contributed by atoms with E-state index in [0.29, 0.717) is 64.6 Å². The van der Waals surface area contributed by atoms with Crippen molar-refractivity contribution >= 4 is 57.7 Å². The zero-order valence-electron chi connectivity index (χ0n) is 19.6. The van der Waals surface area contributed by atoms with Gasteiger partial charge in [0.25, 0.3) is 11.5 Å². The van der Waals surface area contributed by atoms with E-state index in [1.54, 1.807) is 49.7 Å². The van der Waals surface area contributed by atoms with Crippen molar-refractivity contribution in [1.29, 1.82) is 0 Å². The van der Waals surface area contributed by atoms with Gasteiger partial charge in [0.2, 0.25) is 0 Å². The second-order valence-electron chi connectivity index (χ2n) is 8.44. The molecule has 0 atom stereocenters. The molecule has 1 amide bonds. The first kappa shape index (κ1) is 24.3. The standard InChI is InChI=1S/C25H24N4O5S2/c1-2-33-24(32)16-8-11-27(12-9-16)21-18(22(30)28-10-4-3-7-20(28)26-21)14-19-23(31)29(25(35)36-19)15-17-6-5-13-34-17/h3-7,10,13-14,16H,2,8-9,11-12,15H2,1H3. The molecule has 36 heavy (non-hydrogen) atoms. The maximum absolute atomic E-state index is 13.6. The fourth-order valence-electron chi connectivity index (χ4n) is 4.37. The lowest BCUT2D eigenvalue weighted by atomic mass is 9.96. The summed E-state index contributed by atoms with van der Waals surface area (Å²) in [5, 5.41) is 0. The molecule has 5 rings (SSSR count). The molecular formula is C25H24N4O5S2. The molecule has 0 bridgehead atoms. The lowest BCUT2D eigenvalue weighted by Crippen LogP contribution is -2.39. The molecule has 2 fully saturated rings. The number of hydrogen-bond donors (Lipinski definition) is 0. The number of aromatic nitrogens is 2. The topological polar surface area (TPSA) is 97.4 Å². The Morgan fingerprint density at radius 1 is 1.25 bits per heavy atom. The number of hydrogen-bond acceptors (Lipinski definition) is 9. The normalized spacial score (nSPS) is 18.0. The molecule has 0 N–H and O–H groups in total. The minimum absolute atomic E-state index is 0.177. The van der Waals surface area contributed by atoms with Gasteiger partial charge in [-0.3, -0.25) is 23.7 Å². The number of amides is 1. The number of carbonyl (C=O) groups is 2. The maximum Gasteiger partial charge on any atom is 0.309 e. The van der Waals surface area contributed by atoms with Crippen LogP contribution in [0.1, 0.15) is 31.1 Å². The van der Waals surface area contributed by atoms with Gasteiger partial charge >= 0.3 is 5.97 Å². The minimum Gasteiger partial charge on any atom is -0.467 e. The summed E-state index contributed by atoms with van der Waals surface area (Å²) in [5.74, 6) is 0.453. The van der Waals surface area contributed by atoms with Gasteiger partial charge in [-0.05, 0) is 50.1 Å². The Kier molecular flexibility index (Phi) is 6.92. The molecule has 0 spiro atoms. The molecule has 5 heterocycles. The number of furan rings is 1. The van der Waals surface area contributed by atoms with Crippen molar-refractivity contribution < 1.29 is 18.7 Å². The number of anilines is 1. The van der Waals surface area contributed by atoms with Crippen LogP contribution in [0.3, 0.4) is 0 Å². The molecule has 0 saturated carbocycles. The number of fused-ring (bicyclic) bond motifs is 1. The van der Waals surface area contributed by atoms with Crippen LogP contribution in [0.4, 0.5) is 5.82 Å². The average molecular weight is 525 g/mol. The predicted molar refractivity (Wildman–Crippen MR) is 140 cm³/mol. The SMILES string of the molecule is CCOC(=O)C1CCN(c2nc3ccccn3c(=O)c2C=C2SC(=S)N(Cc3ccco3)C2=O)CC1. The first-order chi connectivity index (χ1) is 17.5. The summed E-state index contributed by atoms with van der Waals surface area (Å²) in [7, 11) is 0. The molecule has 0 aliphatic carbocycles. The monoisotopic (exact) mass is 524 g/mol. The van der Waals surface area contributed by atoms with Gasteiger partial charge in [0.15, 0.2) is 0 Å². The number of pyridine rings is 1. The fourth-order valence-corrected chi connectivity index (χ4v) is 5.61. The van der Waals surface area contributed by atoms with Crippen molar-refractivity contribution in [3.05, 3.63) is 69.4 Å². The van der Waals surface area contributed by atoms with Crippen molar-refractivity contribution in [3.8, 4) is 0 Å². The first-order valence-corrected chi connectivity index (χ1v) is 12.9. The molecule has 3 aromatic heterocycles. The molecule has 0 unspecified atom stereocenters. The highest BCUT2D eigenvalue weighted by Crippen LogP contribution is 2.35. The summed E-state index contributed by atoms with van der Waals surface area (Å²) in [4.78, 5) is 47.5. The van der Waals surface area contributed by atoms with Crippen molar-refractivity contribution in [3.63, 3.8) is 0 Å². The zero-order chi connectivity index (χ0) is 25.2. The van der Waals surface area contributed by atoms with Crippen LogP contribution in [0, 0.1) is 5.92 Å². The van der Waals surface area contributed by atoms with E-state index in [1.807, 2.05) is 11.0 Å². The third-order valence-electron chi connectivity index (χ3n) is 6.21. The van der Waals surface area contributed by atoms with E-state index in [1.165, 1.54) is 9.30 Å². The number of ether oxygens (including phenoxy) is 1. The Bertz CT molecular complexity index is 1410. The largest absolute Gasteiger partial charge is 0.467 e. The predicted octanol–water partition coefficient (Wildman–Crippen LogP) is 3.47. The number of rotatable bonds is 6. The Labute approximate surface area is 216 Å². The van der Waals surface area contributed by atoms with Crippen LogP contribution in [0.5, 0.6) is 0 Å². The first-order valence-electron chi connectivity index (χ1n) is 11.7. The van der Waals surface area contributed by atoms with Crippen molar-refractivity contribution in [1.82, 2.24) is 14.3 Å². The molecular weight excluding hydrogens is 500 g/mol. The Morgan fingerprint density at radius 2 is 2.06 bits per heavy atom. The summed E-state index contributed by atoms with van der Waals surface area (Å²) >= 11 is 6.59. The van der Waals surface area contributed by atoms with E-state index in [0.717, 1.165) is 11.8 Å². The van der Waals surface area contributed by atoms with E-state index in [4.69, 9.17) is 26.4 Å². The molecule has 3 aromatic rings. The van der Waals surface area contributed by atoms with Crippen molar-refractivity contribution in [2.24, 2.45) is 5.92 Å². The maximum atomic E-state index is 13.6. The molecule has 186 valence electrons. The van der Waals surface area contributed by atoms with Crippen LogP contribution < -0.4 is 10.5 Å². The van der Waals surface area contributed by atoms with Gasteiger partial charge in [-0.2, -0.15) is 0 Å². The third-order valence-corrected chi connectivity index (χ3v) is 7.58. The number of piperidine rings is 1. The summed E-state index contributed by atoms with van der Waals surface area (Å²) in [6.45, 7) is 3.45. The Hall–Kier alpha value is -3.44. The molecule has 2 aliphatic heterocycles. The smallest absolute Gasteiger partial charge is 0.309 e. The van der Waals surface area contributed by atoms with Gasteiger partial charge in [0, 0.05) is 19.3 Å². The van der Waals surface area contributed by atoms with Crippen LogP contribution in [-0.2, 0) is 20.9 Å². The summed E-state index contributed by atoms with van der Waals surface area (Å²) in [5.41, 5.74) is 0.540. The minimum atomic E-state index is -0.286. The van der Waals surface area contributed by atoms with Crippen molar-refractivity contribution in [2.45, 2.75) is 26.3 Å². The zero-order valence-corrected chi connectivity index (χ0v) is 21.2. The Balaban J connectivity index is 1.49. The van der Waals surface area contributed by atoms with Gasteiger partial charge in [0.05, 0.1) is 35.8 Å². The molecule has 9 nitrogen and oxygen atoms in total. The van der Waals surface area contributed by atoms with Crippen LogP contribution in [0.15, 0.2) is 56.9 Å². The average Bonchev–Trinajstić information content (AvgIpc) is 3.50. The molecule has 2 saturated heterocycles. The lowest BCUT2D eigenvalue weighted by molar-refractivity contribution is -0.148. The van der Waals surface area contributed by atoms with E-state index in [9.17, 15) is 14.4 Å². The summed E-state index contributed by atoms with van der Waals surface area (Å²) in [6, 6.07) is 8.87. The third kappa shape index (κ3) is 4.68. The van der Waals surface area contributed by atoms with Gasteiger partial charge < -0.3 is 14.1 Å². The van der Waals surface area contributed by atoms with Gasteiger partial charge in [-0.25, -0.2) is 4.98 Å². The number of thioether (sulfide) groups is 1. The lowest BCUT2D eigenvalue weighted by Gasteiger charge is -2.32. The van der Waals surface area contributed by atoms with Crippen LogP contribution >= 0.6 is 24.0 Å². The number of carbonyl (C=O) groups excluding carboxylic acids is 2. The number of thiocarbonyl (C=S) groups is 1. The van der Waals surface area contributed by atoms with E-state index in [2.05, 4.69) is 0 Å². The number of esters is 1. The highest BCUT2D eigenvalue weighted by atomic mass is 32.2. The van der Waals surface area contributed by atoms with E-state index in [-0.39, 0.29) is 29.9 Å². The van der Waals surface area contributed by atoms with E-state index < -0.39 is 0 Å². The van der Waals surface area contributed by atoms with Gasteiger partial charge in [0.1, 0.15) is 21.5 Å². The summed E-state index contributed by atoms with van der Waals surface area (Å²) < 4.78 is 12.4. The fraction of sp³-hybridized carbons (Fsp3) is 0.320. The van der Waals surface area contributed by atoms with E-state index >= 15 is 0 Å². The van der Waals surface area contributed by atoms with Gasteiger partial charge in [-0.15, -0.1) is 0 Å². The van der Waals surface area contributed by atoms with Crippen LogP contribution in [0.2, 0.25) is 0 Å². The van der Waals surface area contributed by atoms with Crippen LogP contribution in [-0.4, -0.2) is 50.2 Å². The Morgan fingerprint density at radius 3 is 2.78 bits per heavy atom. The molecule has 11 heteroatoms. The molecule has 2 aliphatic rings. The highest BCUT2D eigenvalue weighted by molar-refractivity contribution is 8.26. The molecule has 0 aromatic carbocycles. The van der Waals surface area contributed by atoms with Crippen molar-refractivity contribution in [2.75, 3.05) is 24.6 Å². The summed E-state index contributed by atoms with van der Waals surface area (Å²) in [6.07, 6.45) is 5.98. The van der Waals surface area contributed by atoms with Crippen LogP contribution in [0.25, 0.3) is 11.7 Å². The second-order valence-corrected chi connectivity index (χ2v) is 10.1. The second kappa shape index (κ2) is 10.3. The quantitative estimate of drug-likeness (QED) is 0.273. The highest BCUT2D eigenvalue weighted by Gasteiger charge is 2.34.